The normalized spacial score (nSPS) is 12.9. The molecular weight excluding hydrogens is 220 g/mol. The number of aromatic nitrogens is 2. The van der Waals surface area contributed by atoms with Crippen LogP contribution in [0.25, 0.3) is 0 Å². The van der Waals surface area contributed by atoms with Crippen molar-refractivity contribution in [3.05, 3.63) is 18.2 Å². The minimum absolute atomic E-state index is 0.151. The van der Waals surface area contributed by atoms with Crippen molar-refractivity contribution in [3.63, 3.8) is 0 Å². The Morgan fingerprint density at radius 1 is 1.50 bits per heavy atom. The smallest absolute Gasteiger partial charge is 0.128 e. The van der Waals surface area contributed by atoms with Crippen molar-refractivity contribution in [3.8, 4) is 0 Å². The molecule has 1 unspecified atom stereocenters. The molecule has 16 heavy (non-hydrogen) atoms. The zero-order chi connectivity index (χ0) is 11.8. The molecule has 5 heteroatoms. The third kappa shape index (κ3) is 3.81. The van der Waals surface area contributed by atoms with Crippen LogP contribution in [0.1, 0.15) is 38.6 Å². The van der Waals surface area contributed by atoms with Gasteiger partial charge in [0.1, 0.15) is 5.82 Å². The first-order chi connectivity index (χ1) is 7.83. The van der Waals surface area contributed by atoms with E-state index in [1.165, 1.54) is 12.2 Å². The molecule has 3 N–H and O–H groups in total. The quantitative estimate of drug-likeness (QED) is 0.415. The fraction of sp³-hybridized carbons (Fsp3) is 0.727. The Hall–Kier alpha value is -0.520. The molecule has 0 fully saturated rings. The van der Waals surface area contributed by atoms with Gasteiger partial charge in [0.15, 0.2) is 0 Å². The predicted molar refractivity (Wildman–Crippen MR) is 70.2 cm³/mol. The summed E-state index contributed by atoms with van der Waals surface area (Å²) < 4.78 is 2.18. The van der Waals surface area contributed by atoms with Crippen LogP contribution in [0, 0.1) is 0 Å². The maximum absolute atomic E-state index is 5.59. The monoisotopic (exact) mass is 242 g/mol. The third-order valence-corrected chi connectivity index (χ3v) is 3.62. The van der Waals surface area contributed by atoms with Crippen molar-refractivity contribution in [2.45, 2.75) is 39.3 Å². The molecule has 0 bridgehead atoms. The Morgan fingerprint density at radius 3 is 2.94 bits per heavy atom. The summed E-state index contributed by atoms with van der Waals surface area (Å²) >= 11 is 1.92. The summed E-state index contributed by atoms with van der Waals surface area (Å²) in [4.78, 5) is 4.39. The van der Waals surface area contributed by atoms with Crippen molar-refractivity contribution in [2.24, 2.45) is 5.84 Å². The number of hydrazine groups is 1. The summed E-state index contributed by atoms with van der Waals surface area (Å²) in [6.07, 6.45) is 6.18. The summed E-state index contributed by atoms with van der Waals surface area (Å²) in [6, 6.07) is 0.151. The molecule has 1 aromatic rings. The van der Waals surface area contributed by atoms with Gasteiger partial charge in [-0.2, -0.15) is 11.8 Å². The standard InChI is InChI=1S/C11H22N4S/c1-3-6-15-7-5-13-11(15)10(14-12)9-16-8-4-2/h5,7,10,14H,3-4,6,8-9,12H2,1-2H3. The molecule has 1 heterocycles. The van der Waals surface area contributed by atoms with Gasteiger partial charge in [-0.25, -0.2) is 10.4 Å². The molecule has 0 saturated carbocycles. The largest absolute Gasteiger partial charge is 0.334 e. The van der Waals surface area contributed by atoms with Crippen molar-refractivity contribution in [2.75, 3.05) is 11.5 Å². The Balaban J connectivity index is 2.59. The van der Waals surface area contributed by atoms with E-state index in [9.17, 15) is 0 Å². The molecule has 0 aliphatic carbocycles. The maximum atomic E-state index is 5.59. The predicted octanol–water partition coefficient (Wildman–Crippen LogP) is 1.94. The van der Waals surface area contributed by atoms with Gasteiger partial charge in [-0.1, -0.05) is 13.8 Å². The first kappa shape index (κ1) is 13.5. The van der Waals surface area contributed by atoms with E-state index < -0.39 is 0 Å². The molecule has 0 aliphatic rings. The number of thioether (sulfide) groups is 1. The first-order valence-corrected chi connectivity index (χ1v) is 7.03. The average molecular weight is 242 g/mol. The van der Waals surface area contributed by atoms with E-state index in [1.54, 1.807) is 0 Å². The Kier molecular flexibility index (Phi) is 6.52. The zero-order valence-electron chi connectivity index (χ0n) is 10.1. The zero-order valence-corrected chi connectivity index (χ0v) is 11.0. The lowest BCUT2D eigenvalue weighted by Crippen LogP contribution is -2.32. The molecule has 1 rings (SSSR count). The maximum Gasteiger partial charge on any atom is 0.128 e. The van der Waals surface area contributed by atoms with E-state index in [0.717, 1.165) is 24.5 Å². The van der Waals surface area contributed by atoms with Gasteiger partial charge < -0.3 is 4.57 Å². The van der Waals surface area contributed by atoms with Gasteiger partial charge in [-0.15, -0.1) is 0 Å². The molecule has 92 valence electrons. The van der Waals surface area contributed by atoms with Crippen LogP contribution in [0.2, 0.25) is 0 Å². The topological polar surface area (TPSA) is 55.9 Å². The number of aryl methyl sites for hydroxylation is 1. The summed E-state index contributed by atoms with van der Waals surface area (Å²) in [5, 5.41) is 0. The number of nitrogens with zero attached hydrogens (tertiary/aromatic N) is 2. The minimum Gasteiger partial charge on any atom is -0.334 e. The van der Waals surface area contributed by atoms with E-state index in [2.05, 4.69) is 28.8 Å². The highest BCUT2D eigenvalue weighted by atomic mass is 32.2. The number of nitrogens with two attached hydrogens (primary N) is 1. The number of rotatable bonds is 8. The first-order valence-electron chi connectivity index (χ1n) is 5.88. The van der Waals surface area contributed by atoms with Crippen molar-refractivity contribution in [1.29, 1.82) is 0 Å². The molecule has 1 aromatic heterocycles. The van der Waals surface area contributed by atoms with Gasteiger partial charge in [-0.05, 0) is 18.6 Å². The molecule has 1 atom stereocenters. The lowest BCUT2D eigenvalue weighted by molar-refractivity contribution is 0.528. The molecule has 0 amide bonds. The van der Waals surface area contributed by atoms with Crippen molar-refractivity contribution in [1.82, 2.24) is 15.0 Å². The Morgan fingerprint density at radius 2 is 2.31 bits per heavy atom. The van der Waals surface area contributed by atoms with Crippen LogP contribution in [0.5, 0.6) is 0 Å². The molecule has 0 spiro atoms. The lowest BCUT2D eigenvalue weighted by Gasteiger charge is -2.16. The van der Waals surface area contributed by atoms with E-state index in [4.69, 9.17) is 5.84 Å². The van der Waals surface area contributed by atoms with Gasteiger partial charge >= 0.3 is 0 Å². The summed E-state index contributed by atoms with van der Waals surface area (Å²) in [7, 11) is 0. The highest BCUT2D eigenvalue weighted by Gasteiger charge is 2.14. The van der Waals surface area contributed by atoms with Gasteiger partial charge in [0, 0.05) is 24.7 Å². The summed E-state index contributed by atoms with van der Waals surface area (Å²) in [6.45, 7) is 5.36. The van der Waals surface area contributed by atoms with Crippen LogP contribution in [0.4, 0.5) is 0 Å². The second-order valence-electron chi connectivity index (χ2n) is 3.77. The highest BCUT2D eigenvalue weighted by molar-refractivity contribution is 7.99. The number of imidazole rings is 1. The van der Waals surface area contributed by atoms with Gasteiger partial charge in [0.2, 0.25) is 0 Å². The van der Waals surface area contributed by atoms with Crippen molar-refractivity contribution >= 4 is 11.8 Å². The average Bonchev–Trinajstić information content (AvgIpc) is 2.73. The van der Waals surface area contributed by atoms with Crippen LogP contribution < -0.4 is 11.3 Å². The third-order valence-electron chi connectivity index (χ3n) is 2.36. The van der Waals surface area contributed by atoms with E-state index in [0.29, 0.717) is 0 Å². The Labute approximate surface area is 102 Å². The molecule has 0 aliphatic heterocycles. The van der Waals surface area contributed by atoms with Crippen LogP contribution >= 0.6 is 11.8 Å². The fourth-order valence-electron chi connectivity index (χ4n) is 1.60. The molecule has 0 saturated heterocycles. The molecular formula is C11H22N4S. The van der Waals surface area contributed by atoms with E-state index in [1.807, 2.05) is 24.2 Å². The lowest BCUT2D eigenvalue weighted by atomic mass is 10.3. The van der Waals surface area contributed by atoms with Crippen LogP contribution in [0.3, 0.4) is 0 Å². The molecule has 0 aromatic carbocycles. The number of hydrogen-bond acceptors (Lipinski definition) is 4. The van der Waals surface area contributed by atoms with E-state index >= 15 is 0 Å². The van der Waals surface area contributed by atoms with Crippen LogP contribution in [-0.2, 0) is 6.54 Å². The van der Waals surface area contributed by atoms with Gasteiger partial charge in [0.05, 0.1) is 6.04 Å². The SMILES string of the molecule is CCCSCC(NN)c1nccn1CCC. The Bertz CT molecular complexity index is 287. The van der Waals surface area contributed by atoms with Gasteiger partial charge in [-0.3, -0.25) is 5.84 Å². The van der Waals surface area contributed by atoms with Crippen LogP contribution in [0.15, 0.2) is 12.4 Å². The number of nitrogens with one attached hydrogen (secondary N) is 1. The fourth-order valence-corrected chi connectivity index (χ4v) is 2.54. The van der Waals surface area contributed by atoms with Crippen LogP contribution in [-0.4, -0.2) is 21.1 Å². The second-order valence-corrected chi connectivity index (χ2v) is 4.92. The second kappa shape index (κ2) is 7.70. The summed E-state index contributed by atoms with van der Waals surface area (Å²) in [5.41, 5.74) is 2.86. The molecule has 4 nitrogen and oxygen atoms in total. The van der Waals surface area contributed by atoms with Gasteiger partial charge in [0.25, 0.3) is 0 Å². The summed E-state index contributed by atoms with van der Waals surface area (Å²) in [5.74, 6) is 8.79. The van der Waals surface area contributed by atoms with Crippen molar-refractivity contribution < 1.29 is 0 Å². The molecule has 0 radical (unpaired) electrons. The number of hydrogen-bond donors (Lipinski definition) is 2. The van der Waals surface area contributed by atoms with E-state index in [-0.39, 0.29) is 6.04 Å². The highest BCUT2D eigenvalue weighted by Crippen LogP contribution is 2.17. The minimum atomic E-state index is 0.151.